The van der Waals surface area contributed by atoms with Gasteiger partial charge in [0.25, 0.3) is 5.91 Å². The van der Waals surface area contributed by atoms with Gasteiger partial charge in [-0.15, -0.1) is 0 Å². The molecular formula is C24H24N2O5. The molecule has 7 nitrogen and oxygen atoms in total. The smallest absolute Gasteiger partial charge is 0.349 e. The molecule has 2 amide bonds. The van der Waals surface area contributed by atoms with Gasteiger partial charge in [0.2, 0.25) is 12.0 Å². The molecule has 1 atom stereocenters. The van der Waals surface area contributed by atoms with Crippen LogP contribution in [0.4, 0.5) is 5.69 Å². The average Bonchev–Trinajstić information content (AvgIpc) is 2.82. The third-order valence-corrected chi connectivity index (χ3v) is 5.46. The van der Waals surface area contributed by atoms with E-state index in [1.165, 1.54) is 17.4 Å². The van der Waals surface area contributed by atoms with Gasteiger partial charge in [0, 0.05) is 20.0 Å². The molecule has 0 aromatic heterocycles. The van der Waals surface area contributed by atoms with Crippen molar-refractivity contribution in [2.45, 2.75) is 19.4 Å². The number of hydrogen-bond acceptors (Lipinski definition) is 5. The molecule has 160 valence electrons. The van der Waals surface area contributed by atoms with E-state index in [1.807, 2.05) is 24.3 Å². The van der Waals surface area contributed by atoms with E-state index in [2.05, 4.69) is 12.1 Å². The Hall–Kier alpha value is -3.61. The molecule has 0 saturated heterocycles. The van der Waals surface area contributed by atoms with Crippen LogP contribution in [0.15, 0.2) is 60.7 Å². The van der Waals surface area contributed by atoms with Gasteiger partial charge in [-0.3, -0.25) is 9.59 Å². The molecule has 2 aliphatic heterocycles. The van der Waals surface area contributed by atoms with E-state index in [9.17, 15) is 14.4 Å². The first-order chi connectivity index (χ1) is 15.0. The molecule has 0 unspecified atom stereocenters. The number of para-hydroxylation sites is 2. The first-order valence-electron chi connectivity index (χ1n) is 10.3. The van der Waals surface area contributed by atoms with E-state index in [4.69, 9.17) is 9.47 Å². The topological polar surface area (TPSA) is 76.2 Å². The van der Waals surface area contributed by atoms with Crippen molar-refractivity contribution in [1.29, 1.82) is 0 Å². The number of amides is 2. The maximum Gasteiger partial charge on any atom is 0.349 e. The van der Waals surface area contributed by atoms with Gasteiger partial charge in [0.15, 0.2) is 6.61 Å². The van der Waals surface area contributed by atoms with Crippen LogP contribution < -0.4 is 9.64 Å². The lowest BCUT2D eigenvalue weighted by Gasteiger charge is -2.33. The minimum Gasteiger partial charge on any atom is -0.475 e. The van der Waals surface area contributed by atoms with Gasteiger partial charge in [-0.1, -0.05) is 48.5 Å². The van der Waals surface area contributed by atoms with E-state index in [0.717, 1.165) is 12.0 Å². The molecule has 0 bridgehead atoms. The predicted octanol–water partition coefficient (Wildman–Crippen LogP) is 2.66. The van der Waals surface area contributed by atoms with E-state index in [-0.39, 0.29) is 25.0 Å². The zero-order chi connectivity index (χ0) is 21.8. The highest BCUT2D eigenvalue weighted by Crippen LogP contribution is 2.33. The molecule has 0 aliphatic carbocycles. The van der Waals surface area contributed by atoms with Crippen LogP contribution in [0.2, 0.25) is 0 Å². The fourth-order valence-electron chi connectivity index (χ4n) is 3.78. The highest BCUT2D eigenvalue weighted by molar-refractivity contribution is 5.95. The standard InChI is InChI=1S/C24H24N2O5/c1-17(27)26-15-22(31-21-10-6-5-9-20(21)26)24(29)30-16-23(28)25-13-11-19(12-14-25)18-7-3-2-4-8-18/h2-11,22H,12-16H2,1H3/t22-/m0/s1. The first kappa shape index (κ1) is 20.7. The van der Waals surface area contributed by atoms with E-state index in [0.29, 0.717) is 24.5 Å². The Morgan fingerprint density at radius 2 is 1.81 bits per heavy atom. The molecule has 0 spiro atoms. The third kappa shape index (κ3) is 4.60. The molecule has 2 aromatic rings. The number of carbonyl (C=O) groups is 3. The fraction of sp³-hybridized carbons (Fsp3) is 0.292. The summed E-state index contributed by atoms with van der Waals surface area (Å²) in [7, 11) is 0. The van der Waals surface area contributed by atoms with Crippen LogP contribution in [0, 0.1) is 0 Å². The largest absolute Gasteiger partial charge is 0.475 e. The van der Waals surface area contributed by atoms with E-state index in [1.54, 1.807) is 29.2 Å². The molecule has 4 rings (SSSR count). The monoisotopic (exact) mass is 420 g/mol. The second kappa shape index (κ2) is 9.04. The highest BCUT2D eigenvalue weighted by Gasteiger charge is 2.34. The minimum absolute atomic E-state index is 0.0479. The summed E-state index contributed by atoms with van der Waals surface area (Å²) in [6.45, 7) is 2.18. The Balaban J connectivity index is 1.32. The Morgan fingerprint density at radius 3 is 2.52 bits per heavy atom. The maximum atomic E-state index is 12.5. The summed E-state index contributed by atoms with van der Waals surface area (Å²) in [6, 6.07) is 17.1. The minimum atomic E-state index is -0.975. The van der Waals surface area contributed by atoms with Gasteiger partial charge in [-0.2, -0.15) is 0 Å². The SMILES string of the molecule is CC(=O)N1C[C@@H](C(=O)OCC(=O)N2CC=C(c3ccccc3)CC2)Oc2ccccc21. The van der Waals surface area contributed by atoms with Crippen molar-refractivity contribution in [1.82, 2.24) is 4.90 Å². The van der Waals surface area contributed by atoms with Crippen LogP contribution in [-0.4, -0.2) is 55.0 Å². The van der Waals surface area contributed by atoms with Crippen LogP contribution >= 0.6 is 0 Å². The summed E-state index contributed by atoms with van der Waals surface area (Å²) >= 11 is 0. The van der Waals surface area contributed by atoms with Crippen molar-refractivity contribution in [2.75, 3.05) is 31.1 Å². The molecular weight excluding hydrogens is 396 g/mol. The van der Waals surface area contributed by atoms with Gasteiger partial charge < -0.3 is 19.3 Å². The number of rotatable bonds is 4. The molecule has 2 heterocycles. The first-order valence-corrected chi connectivity index (χ1v) is 10.3. The van der Waals surface area contributed by atoms with Gasteiger partial charge in [0.1, 0.15) is 5.75 Å². The Labute approximate surface area is 180 Å². The summed E-state index contributed by atoms with van der Waals surface area (Å²) in [6.07, 6.45) is 1.81. The summed E-state index contributed by atoms with van der Waals surface area (Å²) in [5.41, 5.74) is 2.98. The van der Waals surface area contributed by atoms with Crippen LogP contribution in [0.3, 0.4) is 0 Å². The summed E-state index contributed by atoms with van der Waals surface area (Å²) < 4.78 is 10.9. The van der Waals surface area contributed by atoms with Gasteiger partial charge in [-0.25, -0.2) is 4.79 Å². The Bertz CT molecular complexity index is 1020. The van der Waals surface area contributed by atoms with Gasteiger partial charge in [0.05, 0.1) is 12.2 Å². The van der Waals surface area contributed by atoms with Crippen molar-refractivity contribution in [2.24, 2.45) is 0 Å². The lowest BCUT2D eigenvalue weighted by Crippen LogP contribution is -2.47. The van der Waals surface area contributed by atoms with Crippen LogP contribution in [0.25, 0.3) is 5.57 Å². The molecule has 2 aliphatic rings. The van der Waals surface area contributed by atoms with E-state index >= 15 is 0 Å². The van der Waals surface area contributed by atoms with Crippen molar-refractivity contribution in [3.05, 3.63) is 66.2 Å². The predicted molar refractivity (Wildman–Crippen MR) is 115 cm³/mol. The molecule has 31 heavy (non-hydrogen) atoms. The lowest BCUT2D eigenvalue weighted by atomic mass is 10.00. The second-order valence-electron chi connectivity index (χ2n) is 7.50. The average molecular weight is 420 g/mol. The Morgan fingerprint density at radius 1 is 1.06 bits per heavy atom. The number of hydrogen-bond donors (Lipinski definition) is 0. The normalized spacial score (nSPS) is 17.8. The fourth-order valence-corrected chi connectivity index (χ4v) is 3.78. The maximum absolute atomic E-state index is 12.5. The number of ether oxygens (including phenoxy) is 2. The lowest BCUT2D eigenvalue weighted by molar-refractivity contribution is -0.157. The molecule has 0 saturated carbocycles. The second-order valence-corrected chi connectivity index (χ2v) is 7.50. The van der Waals surface area contributed by atoms with Crippen molar-refractivity contribution in [3.8, 4) is 5.75 Å². The zero-order valence-electron chi connectivity index (χ0n) is 17.3. The van der Waals surface area contributed by atoms with Crippen molar-refractivity contribution < 1.29 is 23.9 Å². The van der Waals surface area contributed by atoms with Gasteiger partial charge >= 0.3 is 5.97 Å². The van der Waals surface area contributed by atoms with Crippen LogP contribution in [0.1, 0.15) is 18.9 Å². The molecule has 0 N–H and O–H groups in total. The molecule has 7 heteroatoms. The molecule has 0 fully saturated rings. The summed E-state index contributed by atoms with van der Waals surface area (Å²) in [4.78, 5) is 40.2. The molecule has 2 aromatic carbocycles. The van der Waals surface area contributed by atoms with Crippen LogP contribution in [0.5, 0.6) is 5.75 Å². The number of fused-ring (bicyclic) bond motifs is 1. The third-order valence-electron chi connectivity index (χ3n) is 5.46. The Kier molecular flexibility index (Phi) is 6.02. The van der Waals surface area contributed by atoms with Crippen molar-refractivity contribution in [3.63, 3.8) is 0 Å². The summed E-state index contributed by atoms with van der Waals surface area (Å²) in [5.74, 6) is -0.672. The molecule has 0 radical (unpaired) electrons. The van der Waals surface area contributed by atoms with E-state index < -0.39 is 12.1 Å². The number of nitrogens with zero attached hydrogens (tertiary/aromatic N) is 2. The van der Waals surface area contributed by atoms with Gasteiger partial charge in [-0.05, 0) is 29.7 Å². The zero-order valence-corrected chi connectivity index (χ0v) is 17.3. The van der Waals surface area contributed by atoms with Crippen LogP contribution in [-0.2, 0) is 19.1 Å². The van der Waals surface area contributed by atoms with Crippen molar-refractivity contribution >= 4 is 29.0 Å². The number of carbonyl (C=O) groups excluding carboxylic acids is 3. The quantitative estimate of drug-likeness (QED) is 0.711. The number of esters is 1. The highest BCUT2D eigenvalue weighted by atomic mass is 16.6. The number of benzene rings is 2. The summed E-state index contributed by atoms with van der Waals surface area (Å²) in [5, 5.41) is 0. The number of anilines is 1.